The maximum absolute atomic E-state index is 4.80. The maximum Gasteiger partial charge on any atom is 0.205 e. The van der Waals surface area contributed by atoms with Crippen molar-refractivity contribution in [2.45, 2.75) is 0 Å². The van der Waals surface area contributed by atoms with Crippen LogP contribution in [0.15, 0.2) is 35.1 Å². The average molecular weight is 147 g/mol. The summed E-state index contributed by atoms with van der Waals surface area (Å²) in [6, 6.07) is 5.56. The summed E-state index contributed by atoms with van der Waals surface area (Å²) in [7, 11) is 0. The van der Waals surface area contributed by atoms with E-state index in [0.717, 1.165) is 5.69 Å². The molecule has 54 valence electrons. The van der Waals surface area contributed by atoms with Gasteiger partial charge in [-0.1, -0.05) is 6.07 Å². The Morgan fingerprint density at radius 2 is 2.27 bits per heavy atom. The molecule has 4 nitrogen and oxygen atoms in total. The van der Waals surface area contributed by atoms with E-state index in [-0.39, 0.29) is 0 Å². The molecule has 0 amide bonds. The van der Waals surface area contributed by atoms with Gasteiger partial charge >= 0.3 is 0 Å². The first-order valence-electron chi connectivity index (χ1n) is 3.15. The van der Waals surface area contributed by atoms with E-state index in [1.54, 1.807) is 6.20 Å². The van der Waals surface area contributed by atoms with Gasteiger partial charge in [0.15, 0.2) is 0 Å². The third kappa shape index (κ3) is 1.10. The van der Waals surface area contributed by atoms with Crippen molar-refractivity contribution in [1.29, 1.82) is 0 Å². The van der Waals surface area contributed by atoms with E-state index in [0.29, 0.717) is 5.76 Å². The highest BCUT2D eigenvalue weighted by Gasteiger charge is 2.00. The van der Waals surface area contributed by atoms with Crippen LogP contribution in [-0.2, 0) is 0 Å². The van der Waals surface area contributed by atoms with Crippen LogP contribution in [0.5, 0.6) is 0 Å². The summed E-state index contributed by atoms with van der Waals surface area (Å²) in [5.74, 6) is 0.589. The van der Waals surface area contributed by atoms with E-state index < -0.39 is 0 Å². The fraction of sp³-hybridized carbons (Fsp3) is 0. The number of nitrogens with zero attached hydrogens (tertiary/aromatic N) is 3. The summed E-state index contributed by atoms with van der Waals surface area (Å²) in [5.41, 5.74) is 0.748. The highest BCUT2D eigenvalue weighted by Crippen LogP contribution is 2.12. The summed E-state index contributed by atoms with van der Waals surface area (Å²) >= 11 is 0. The predicted octanol–water partition coefficient (Wildman–Crippen LogP) is 1.13. The van der Waals surface area contributed by atoms with Gasteiger partial charge in [0.2, 0.25) is 5.76 Å². The molecule has 0 spiro atoms. The van der Waals surface area contributed by atoms with Crippen molar-refractivity contribution in [2.24, 2.45) is 0 Å². The molecule has 0 saturated heterocycles. The second kappa shape index (κ2) is 2.49. The molecule has 4 heteroatoms. The first kappa shape index (κ1) is 6.03. The topological polar surface area (TPSA) is 51.8 Å². The van der Waals surface area contributed by atoms with Crippen LogP contribution in [0.2, 0.25) is 0 Å². The Morgan fingerprint density at radius 3 is 2.91 bits per heavy atom. The Kier molecular flexibility index (Phi) is 1.37. The standard InChI is InChI=1S/C7H5N3O/c1-2-4-8-6(3-1)7-5-9-10-11-7/h1-5H. The maximum atomic E-state index is 4.80. The Bertz CT molecular complexity index is 317. The lowest BCUT2D eigenvalue weighted by molar-refractivity contribution is 0.402. The molecule has 0 radical (unpaired) electrons. The smallest absolute Gasteiger partial charge is 0.205 e. The van der Waals surface area contributed by atoms with Crippen molar-refractivity contribution in [3.8, 4) is 11.5 Å². The van der Waals surface area contributed by atoms with E-state index >= 15 is 0 Å². The highest BCUT2D eigenvalue weighted by atomic mass is 16.5. The van der Waals surface area contributed by atoms with Crippen LogP contribution in [0.4, 0.5) is 0 Å². The third-order valence-corrected chi connectivity index (χ3v) is 1.28. The largest absolute Gasteiger partial charge is 0.335 e. The van der Waals surface area contributed by atoms with Gasteiger partial charge in [-0.25, -0.2) is 0 Å². The summed E-state index contributed by atoms with van der Waals surface area (Å²) in [6.45, 7) is 0. The number of rotatable bonds is 1. The molecular formula is C7H5N3O. The predicted molar refractivity (Wildman–Crippen MR) is 37.5 cm³/mol. The fourth-order valence-corrected chi connectivity index (χ4v) is 0.789. The van der Waals surface area contributed by atoms with E-state index in [1.165, 1.54) is 6.20 Å². The minimum absolute atomic E-state index is 0.589. The molecule has 2 aromatic rings. The summed E-state index contributed by atoms with van der Waals surface area (Å²) in [4.78, 5) is 4.05. The fourth-order valence-electron chi connectivity index (χ4n) is 0.789. The second-order valence-corrected chi connectivity index (χ2v) is 2.00. The van der Waals surface area contributed by atoms with Gasteiger partial charge in [-0.2, -0.15) is 0 Å². The van der Waals surface area contributed by atoms with Crippen molar-refractivity contribution in [3.63, 3.8) is 0 Å². The van der Waals surface area contributed by atoms with Crippen LogP contribution in [-0.4, -0.2) is 15.4 Å². The molecule has 2 rings (SSSR count). The molecule has 11 heavy (non-hydrogen) atoms. The Hall–Kier alpha value is -1.71. The molecule has 2 heterocycles. The third-order valence-electron chi connectivity index (χ3n) is 1.28. The Balaban J connectivity index is 2.46. The number of pyridine rings is 1. The zero-order valence-corrected chi connectivity index (χ0v) is 5.64. The monoisotopic (exact) mass is 147 g/mol. The van der Waals surface area contributed by atoms with Gasteiger partial charge in [0.25, 0.3) is 0 Å². The van der Waals surface area contributed by atoms with Gasteiger partial charge in [-0.3, -0.25) is 4.98 Å². The molecule has 0 aliphatic carbocycles. The summed E-state index contributed by atoms with van der Waals surface area (Å²) in [5, 5.41) is 6.88. The minimum atomic E-state index is 0.589. The zero-order valence-electron chi connectivity index (χ0n) is 5.64. The van der Waals surface area contributed by atoms with Crippen molar-refractivity contribution in [1.82, 2.24) is 15.4 Å². The van der Waals surface area contributed by atoms with E-state index in [4.69, 9.17) is 4.52 Å². The molecule has 0 aromatic carbocycles. The molecule has 0 unspecified atom stereocenters. The van der Waals surface area contributed by atoms with E-state index in [2.05, 4.69) is 15.4 Å². The molecule has 0 bridgehead atoms. The van der Waals surface area contributed by atoms with Gasteiger partial charge < -0.3 is 4.52 Å². The SMILES string of the molecule is c1ccc(-c2cnno2)nc1. The van der Waals surface area contributed by atoms with Gasteiger partial charge in [0.05, 0.1) is 0 Å². The van der Waals surface area contributed by atoms with E-state index in [9.17, 15) is 0 Å². The van der Waals surface area contributed by atoms with Gasteiger partial charge in [0.1, 0.15) is 11.9 Å². The molecular weight excluding hydrogens is 142 g/mol. The van der Waals surface area contributed by atoms with Crippen LogP contribution >= 0.6 is 0 Å². The van der Waals surface area contributed by atoms with E-state index in [1.807, 2.05) is 18.2 Å². The van der Waals surface area contributed by atoms with Crippen LogP contribution in [0.25, 0.3) is 11.5 Å². The molecule has 0 N–H and O–H groups in total. The number of hydrogen-bond donors (Lipinski definition) is 0. The van der Waals surface area contributed by atoms with Gasteiger partial charge in [-0.15, -0.1) is 5.10 Å². The lowest BCUT2D eigenvalue weighted by atomic mass is 10.3. The Labute approximate surface area is 62.9 Å². The Morgan fingerprint density at radius 1 is 1.27 bits per heavy atom. The highest BCUT2D eigenvalue weighted by molar-refractivity contribution is 5.48. The minimum Gasteiger partial charge on any atom is -0.335 e. The lowest BCUT2D eigenvalue weighted by Gasteiger charge is -1.88. The molecule has 0 fully saturated rings. The summed E-state index contributed by atoms with van der Waals surface area (Å²) < 4.78 is 4.80. The van der Waals surface area contributed by atoms with Gasteiger partial charge in [0, 0.05) is 11.5 Å². The molecule has 0 aliphatic heterocycles. The lowest BCUT2D eigenvalue weighted by Crippen LogP contribution is -1.76. The number of aromatic nitrogens is 3. The second-order valence-electron chi connectivity index (χ2n) is 2.00. The van der Waals surface area contributed by atoms with Gasteiger partial charge in [-0.05, 0) is 12.1 Å². The molecule has 0 aliphatic rings. The normalized spacial score (nSPS) is 9.82. The number of hydrogen-bond acceptors (Lipinski definition) is 4. The molecule has 0 atom stereocenters. The molecule has 0 saturated carbocycles. The van der Waals surface area contributed by atoms with Crippen molar-refractivity contribution < 1.29 is 4.52 Å². The molecule has 2 aromatic heterocycles. The van der Waals surface area contributed by atoms with Crippen molar-refractivity contribution in [2.75, 3.05) is 0 Å². The first-order valence-corrected chi connectivity index (χ1v) is 3.15. The van der Waals surface area contributed by atoms with Crippen LogP contribution in [0, 0.1) is 0 Å². The average Bonchev–Trinajstić information content (AvgIpc) is 2.58. The summed E-state index contributed by atoms with van der Waals surface area (Å²) in [6.07, 6.45) is 3.22. The van der Waals surface area contributed by atoms with Crippen LogP contribution < -0.4 is 0 Å². The zero-order chi connectivity index (χ0) is 7.52. The first-order chi connectivity index (χ1) is 5.47. The van der Waals surface area contributed by atoms with Crippen molar-refractivity contribution in [3.05, 3.63) is 30.6 Å². The quantitative estimate of drug-likeness (QED) is 0.606. The van der Waals surface area contributed by atoms with Crippen LogP contribution in [0.3, 0.4) is 0 Å². The van der Waals surface area contributed by atoms with Crippen LogP contribution in [0.1, 0.15) is 0 Å². The van der Waals surface area contributed by atoms with Crippen molar-refractivity contribution >= 4 is 0 Å².